The van der Waals surface area contributed by atoms with Crippen LogP contribution in [0.3, 0.4) is 0 Å². The van der Waals surface area contributed by atoms with E-state index >= 15 is 0 Å². The molecule has 1 aromatic rings. The summed E-state index contributed by atoms with van der Waals surface area (Å²) in [6, 6.07) is 0. The number of hydrogen-bond acceptors (Lipinski definition) is 3. The SMILES string of the molecule is CCC(C)(CCl)NS(=O)(=O)c1cnc(C)[nH]1. The largest absolute Gasteiger partial charge is 0.332 e. The maximum atomic E-state index is 11.9. The molecule has 0 fully saturated rings. The number of aromatic amines is 1. The highest BCUT2D eigenvalue weighted by atomic mass is 35.5. The molecule has 0 amide bonds. The molecule has 1 unspecified atom stereocenters. The quantitative estimate of drug-likeness (QED) is 0.791. The van der Waals surface area contributed by atoms with Crippen molar-refractivity contribution in [3.05, 3.63) is 12.0 Å². The number of aromatic nitrogens is 2. The minimum atomic E-state index is -3.57. The van der Waals surface area contributed by atoms with Crippen molar-refractivity contribution in [2.24, 2.45) is 0 Å². The molecule has 0 saturated carbocycles. The number of rotatable bonds is 5. The van der Waals surface area contributed by atoms with Gasteiger partial charge in [0.05, 0.1) is 6.20 Å². The monoisotopic (exact) mass is 265 g/mol. The number of aryl methyl sites for hydroxylation is 1. The maximum absolute atomic E-state index is 11.9. The lowest BCUT2D eigenvalue weighted by atomic mass is 10.0. The van der Waals surface area contributed by atoms with Gasteiger partial charge in [0, 0.05) is 11.4 Å². The van der Waals surface area contributed by atoms with Crippen LogP contribution in [0.4, 0.5) is 0 Å². The highest BCUT2D eigenvalue weighted by Crippen LogP contribution is 2.16. The molecule has 0 radical (unpaired) electrons. The van der Waals surface area contributed by atoms with Crippen molar-refractivity contribution < 1.29 is 8.42 Å². The van der Waals surface area contributed by atoms with Gasteiger partial charge in [0.2, 0.25) is 0 Å². The number of nitrogens with one attached hydrogen (secondary N) is 2. The Labute approximate surface area is 101 Å². The van der Waals surface area contributed by atoms with Crippen molar-refractivity contribution in [3.8, 4) is 0 Å². The van der Waals surface area contributed by atoms with Gasteiger partial charge in [0.1, 0.15) is 5.82 Å². The van der Waals surface area contributed by atoms with E-state index < -0.39 is 15.6 Å². The minimum absolute atomic E-state index is 0.0646. The highest BCUT2D eigenvalue weighted by Gasteiger charge is 2.29. The van der Waals surface area contributed by atoms with Gasteiger partial charge < -0.3 is 4.98 Å². The third-order valence-electron chi connectivity index (χ3n) is 2.43. The molecule has 0 aliphatic rings. The van der Waals surface area contributed by atoms with Gasteiger partial charge in [-0.15, -0.1) is 11.6 Å². The molecule has 7 heteroatoms. The standard InChI is InChI=1S/C9H16ClN3O2S/c1-4-9(3,6-10)13-16(14,15)8-5-11-7(2)12-8/h5,13H,4,6H2,1-3H3,(H,11,12). The van der Waals surface area contributed by atoms with Crippen molar-refractivity contribution in [2.45, 2.75) is 37.8 Å². The molecule has 0 spiro atoms. The number of imidazole rings is 1. The zero-order valence-electron chi connectivity index (χ0n) is 9.54. The molecule has 2 N–H and O–H groups in total. The van der Waals surface area contributed by atoms with E-state index in [0.717, 1.165) is 0 Å². The minimum Gasteiger partial charge on any atom is -0.332 e. The number of nitrogens with zero attached hydrogens (tertiary/aromatic N) is 1. The molecule has 1 rings (SSSR count). The van der Waals surface area contributed by atoms with E-state index in [0.29, 0.717) is 12.2 Å². The summed E-state index contributed by atoms with van der Waals surface area (Å²) in [5.74, 6) is 0.778. The molecular formula is C9H16ClN3O2S. The van der Waals surface area contributed by atoms with E-state index in [1.807, 2.05) is 6.92 Å². The van der Waals surface area contributed by atoms with Crippen LogP contribution < -0.4 is 4.72 Å². The number of H-pyrrole nitrogens is 1. The van der Waals surface area contributed by atoms with E-state index in [1.165, 1.54) is 6.20 Å². The fraction of sp³-hybridized carbons (Fsp3) is 0.667. The third kappa shape index (κ3) is 2.96. The van der Waals surface area contributed by atoms with Crippen LogP contribution in [0.15, 0.2) is 11.2 Å². The average molecular weight is 266 g/mol. The predicted octanol–water partition coefficient (Wildman–Crippen LogP) is 1.40. The lowest BCUT2D eigenvalue weighted by molar-refractivity contribution is 0.443. The third-order valence-corrected chi connectivity index (χ3v) is 4.56. The van der Waals surface area contributed by atoms with Gasteiger partial charge in [-0.25, -0.2) is 18.1 Å². The lowest BCUT2D eigenvalue weighted by Crippen LogP contribution is -2.47. The summed E-state index contributed by atoms with van der Waals surface area (Å²) in [4.78, 5) is 6.54. The molecule has 1 atom stereocenters. The van der Waals surface area contributed by atoms with Crippen LogP contribution in [0.2, 0.25) is 0 Å². The number of sulfonamides is 1. The predicted molar refractivity (Wildman–Crippen MR) is 63.1 cm³/mol. The second-order valence-corrected chi connectivity index (χ2v) is 5.90. The van der Waals surface area contributed by atoms with Crippen molar-refractivity contribution >= 4 is 21.6 Å². The molecule has 0 saturated heterocycles. The maximum Gasteiger partial charge on any atom is 0.258 e. The smallest absolute Gasteiger partial charge is 0.258 e. The zero-order chi connectivity index (χ0) is 12.4. The summed E-state index contributed by atoms with van der Waals surface area (Å²) in [5.41, 5.74) is -0.639. The molecule has 16 heavy (non-hydrogen) atoms. The van der Waals surface area contributed by atoms with Crippen LogP contribution >= 0.6 is 11.6 Å². The van der Waals surface area contributed by atoms with Gasteiger partial charge in [-0.05, 0) is 20.3 Å². The van der Waals surface area contributed by atoms with E-state index in [2.05, 4.69) is 14.7 Å². The van der Waals surface area contributed by atoms with Gasteiger partial charge in [-0.3, -0.25) is 0 Å². The Kier molecular flexibility index (Phi) is 3.98. The molecule has 0 bridgehead atoms. The van der Waals surface area contributed by atoms with E-state index in [-0.39, 0.29) is 10.9 Å². The zero-order valence-corrected chi connectivity index (χ0v) is 11.1. The fourth-order valence-electron chi connectivity index (χ4n) is 1.11. The molecular weight excluding hydrogens is 250 g/mol. The van der Waals surface area contributed by atoms with Gasteiger partial charge >= 0.3 is 0 Å². The van der Waals surface area contributed by atoms with Crippen LogP contribution in [-0.2, 0) is 10.0 Å². The Hall–Kier alpha value is -0.590. The van der Waals surface area contributed by atoms with Gasteiger partial charge in [-0.2, -0.15) is 0 Å². The Morgan fingerprint density at radius 2 is 2.25 bits per heavy atom. The summed E-state index contributed by atoms with van der Waals surface area (Å²) in [5, 5.41) is 0.0646. The number of halogens is 1. The molecule has 0 aromatic carbocycles. The van der Waals surface area contributed by atoms with Crippen molar-refractivity contribution in [1.82, 2.24) is 14.7 Å². The van der Waals surface area contributed by atoms with Crippen LogP contribution in [0, 0.1) is 6.92 Å². The Bertz CT molecular complexity index is 451. The lowest BCUT2D eigenvalue weighted by Gasteiger charge is -2.26. The van der Waals surface area contributed by atoms with Crippen molar-refractivity contribution in [1.29, 1.82) is 0 Å². The van der Waals surface area contributed by atoms with Gasteiger partial charge in [0.25, 0.3) is 10.0 Å². The first-order chi connectivity index (χ1) is 7.33. The summed E-state index contributed by atoms with van der Waals surface area (Å²) >= 11 is 5.75. The van der Waals surface area contributed by atoms with Gasteiger partial charge in [0.15, 0.2) is 5.03 Å². The van der Waals surface area contributed by atoms with Crippen LogP contribution in [0.5, 0.6) is 0 Å². The summed E-state index contributed by atoms with van der Waals surface area (Å²) in [6.07, 6.45) is 1.91. The topological polar surface area (TPSA) is 74.8 Å². The fourth-order valence-corrected chi connectivity index (χ4v) is 2.89. The molecule has 92 valence electrons. The Morgan fingerprint density at radius 3 is 2.62 bits per heavy atom. The summed E-state index contributed by atoms with van der Waals surface area (Å²) < 4.78 is 26.4. The van der Waals surface area contributed by atoms with E-state index in [9.17, 15) is 8.42 Å². The number of hydrogen-bond donors (Lipinski definition) is 2. The molecule has 1 aromatic heterocycles. The van der Waals surface area contributed by atoms with Gasteiger partial charge in [-0.1, -0.05) is 6.92 Å². The highest BCUT2D eigenvalue weighted by molar-refractivity contribution is 7.89. The molecule has 0 aliphatic carbocycles. The molecule has 1 heterocycles. The Morgan fingerprint density at radius 1 is 1.62 bits per heavy atom. The number of alkyl halides is 1. The van der Waals surface area contributed by atoms with Crippen LogP contribution in [-0.4, -0.2) is 29.8 Å². The van der Waals surface area contributed by atoms with Crippen LogP contribution in [0.25, 0.3) is 0 Å². The van der Waals surface area contributed by atoms with E-state index in [1.54, 1.807) is 13.8 Å². The Balaban J connectivity index is 2.96. The summed E-state index contributed by atoms with van der Waals surface area (Å²) in [7, 11) is -3.57. The van der Waals surface area contributed by atoms with Crippen LogP contribution in [0.1, 0.15) is 26.1 Å². The normalized spacial score (nSPS) is 16.0. The first-order valence-electron chi connectivity index (χ1n) is 4.94. The summed E-state index contributed by atoms with van der Waals surface area (Å²) in [6.45, 7) is 5.34. The molecule has 5 nitrogen and oxygen atoms in total. The second kappa shape index (κ2) is 4.73. The van der Waals surface area contributed by atoms with Crippen molar-refractivity contribution in [2.75, 3.05) is 5.88 Å². The van der Waals surface area contributed by atoms with E-state index in [4.69, 9.17) is 11.6 Å². The second-order valence-electron chi connectivity index (χ2n) is 3.99. The first kappa shape index (κ1) is 13.5. The molecule has 0 aliphatic heterocycles. The average Bonchev–Trinajstić information content (AvgIpc) is 2.65. The van der Waals surface area contributed by atoms with Crippen molar-refractivity contribution in [3.63, 3.8) is 0 Å². The first-order valence-corrected chi connectivity index (χ1v) is 6.96.